The van der Waals surface area contributed by atoms with Gasteiger partial charge in [0.2, 0.25) is 0 Å². The van der Waals surface area contributed by atoms with Crippen molar-refractivity contribution in [2.24, 2.45) is 0 Å². The first-order chi connectivity index (χ1) is 29.7. The van der Waals surface area contributed by atoms with Gasteiger partial charge in [-0.2, -0.15) is 0 Å². The van der Waals surface area contributed by atoms with Gasteiger partial charge in [0.25, 0.3) is 0 Å². The van der Waals surface area contributed by atoms with Crippen molar-refractivity contribution >= 4 is 86.8 Å². The van der Waals surface area contributed by atoms with E-state index < -0.39 is 0 Å². The number of rotatable bonds is 4. The first-order valence-electron chi connectivity index (χ1n) is 20.3. The summed E-state index contributed by atoms with van der Waals surface area (Å²) < 4.78 is 9.27. The molecule has 3 heterocycles. The van der Waals surface area contributed by atoms with Crippen LogP contribution >= 0.6 is 0 Å². The lowest BCUT2D eigenvalue weighted by molar-refractivity contribution is 0.669. The molecule has 13 rings (SSSR count). The molecule has 5 nitrogen and oxygen atoms in total. The highest BCUT2D eigenvalue weighted by Crippen LogP contribution is 2.43. The molecule has 0 fully saturated rings. The summed E-state index contributed by atoms with van der Waals surface area (Å²) in [5.41, 5.74) is 7.50. The highest BCUT2D eigenvalue weighted by Gasteiger charge is 2.23. The summed E-state index contributed by atoms with van der Waals surface area (Å²) in [6.07, 6.45) is 0. The van der Waals surface area contributed by atoms with Crippen LogP contribution in [-0.2, 0) is 0 Å². The minimum Gasteiger partial charge on any atom is -0.456 e. The normalized spacial score (nSPS) is 12.0. The molecular weight excluding hydrogens is 733 g/mol. The van der Waals surface area contributed by atoms with Gasteiger partial charge in [0, 0.05) is 44.3 Å². The second-order valence-electron chi connectivity index (χ2n) is 15.6. The average Bonchev–Trinajstić information content (AvgIpc) is 3.83. The van der Waals surface area contributed by atoms with Gasteiger partial charge in [-0.05, 0) is 85.6 Å². The van der Waals surface area contributed by atoms with E-state index in [0.717, 1.165) is 82.3 Å². The molecule has 3 aromatic heterocycles. The predicted octanol–water partition coefficient (Wildman–Crippen LogP) is 14.5. The van der Waals surface area contributed by atoms with Crippen molar-refractivity contribution in [2.45, 2.75) is 0 Å². The molecule has 278 valence electrons. The van der Waals surface area contributed by atoms with E-state index >= 15 is 0 Å². The topological polar surface area (TPSA) is 56.7 Å². The predicted molar refractivity (Wildman–Crippen MR) is 248 cm³/mol. The van der Waals surface area contributed by atoms with E-state index in [1.54, 1.807) is 0 Å². The van der Waals surface area contributed by atoms with Crippen molar-refractivity contribution in [3.8, 4) is 39.9 Å². The Morgan fingerprint density at radius 3 is 1.67 bits per heavy atom. The number of hydrogen-bond donors (Lipinski definition) is 0. The average molecular weight is 765 g/mol. The monoisotopic (exact) mass is 764 g/mol. The van der Waals surface area contributed by atoms with Gasteiger partial charge in [-0.1, -0.05) is 146 Å². The lowest BCUT2D eigenvalue weighted by atomic mass is 9.96. The van der Waals surface area contributed by atoms with Crippen LogP contribution in [0.5, 0.6) is 0 Å². The minimum absolute atomic E-state index is 0.574. The second-order valence-corrected chi connectivity index (χ2v) is 15.6. The third-order valence-corrected chi connectivity index (χ3v) is 12.1. The van der Waals surface area contributed by atoms with Crippen LogP contribution in [0.2, 0.25) is 0 Å². The Hall–Kier alpha value is -8.15. The first kappa shape index (κ1) is 32.9. The number of fused-ring (bicyclic) bond motifs is 11. The molecule has 0 bridgehead atoms. The third kappa shape index (κ3) is 4.96. The highest BCUT2D eigenvalue weighted by atomic mass is 16.3. The maximum atomic E-state index is 6.91. The van der Waals surface area contributed by atoms with Crippen LogP contribution < -0.4 is 0 Å². The Morgan fingerprint density at radius 2 is 0.900 bits per heavy atom. The summed E-state index contributed by atoms with van der Waals surface area (Å²) in [5, 5.41) is 13.6. The largest absolute Gasteiger partial charge is 0.456 e. The van der Waals surface area contributed by atoms with Crippen molar-refractivity contribution in [3.63, 3.8) is 0 Å². The molecule has 0 aliphatic heterocycles. The molecule has 5 heteroatoms. The lowest BCUT2D eigenvalue weighted by Gasteiger charge is -2.14. The minimum atomic E-state index is 0.574. The Morgan fingerprint density at radius 1 is 0.333 bits per heavy atom. The van der Waals surface area contributed by atoms with Gasteiger partial charge in [0.05, 0.1) is 16.7 Å². The van der Waals surface area contributed by atoms with Crippen LogP contribution in [0.15, 0.2) is 199 Å². The zero-order valence-corrected chi connectivity index (χ0v) is 32.2. The number of aromatic nitrogens is 4. The standard InChI is InChI=1S/C55H32N4O/c1-2-14-33(15-3-1)53-56-54(45-28-38-20-8-9-21-40(38)41-22-10-11-23-42(41)45)58-55(57-53)47-31-39(32-51-52(47)46-27-35-17-5-7-19-37(35)30-50(46)60-51)59-48-25-13-12-24-43(48)44-26-34-16-4-6-18-36(34)29-49(44)59/h1-32H. The summed E-state index contributed by atoms with van der Waals surface area (Å²) >= 11 is 0. The zero-order chi connectivity index (χ0) is 39.3. The molecule has 13 aromatic rings. The van der Waals surface area contributed by atoms with Gasteiger partial charge in [-0.15, -0.1) is 0 Å². The Bertz CT molecular complexity index is 3900. The molecule has 0 spiro atoms. The van der Waals surface area contributed by atoms with E-state index in [1.807, 2.05) is 18.2 Å². The van der Waals surface area contributed by atoms with Crippen LogP contribution in [0.4, 0.5) is 0 Å². The Kier molecular flexibility index (Phi) is 6.95. The molecule has 0 aliphatic carbocycles. The molecule has 0 N–H and O–H groups in total. The smallest absolute Gasteiger partial charge is 0.164 e. The molecular formula is C55H32N4O. The fraction of sp³-hybridized carbons (Fsp3) is 0. The molecule has 0 unspecified atom stereocenters. The van der Waals surface area contributed by atoms with E-state index in [-0.39, 0.29) is 0 Å². The fourth-order valence-corrected chi connectivity index (χ4v) is 9.39. The number of furan rings is 1. The number of benzene rings is 10. The second kappa shape index (κ2) is 12.7. The molecule has 0 saturated carbocycles. The van der Waals surface area contributed by atoms with E-state index in [0.29, 0.717) is 17.5 Å². The molecule has 0 aliphatic rings. The lowest BCUT2D eigenvalue weighted by Crippen LogP contribution is -2.02. The molecule has 10 aromatic carbocycles. The van der Waals surface area contributed by atoms with Crippen molar-refractivity contribution < 1.29 is 4.42 Å². The zero-order valence-electron chi connectivity index (χ0n) is 32.2. The first-order valence-corrected chi connectivity index (χ1v) is 20.3. The van der Waals surface area contributed by atoms with Crippen molar-refractivity contribution in [2.75, 3.05) is 0 Å². The van der Waals surface area contributed by atoms with Crippen molar-refractivity contribution in [1.29, 1.82) is 0 Å². The summed E-state index contributed by atoms with van der Waals surface area (Å²) in [5.74, 6) is 1.79. The summed E-state index contributed by atoms with van der Waals surface area (Å²) in [6.45, 7) is 0. The van der Waals surface area contributed by atoms with Crippen molar-refractivity contribution in [1.82, 2.24) is 19.5 Å². The fourth-order valence-electron chi connectivity index (χ4n) is 9.39. The molecule has 0 amide bonds. The van der Waals surface area contributed by atoms with Gasteiger partial charge >= 0.3 is 0 Å². The summed E-state index contributed by atoms with van der Waals surface area (Å²) in [6, 6.07) is 68.6. The maximum Gasteiger partial charge on any atom is 0.164 e. The SMILES string of the molecule is c1ccc(-c2nc(-c3cc4ccccc4c4ccccc34)nc(-c3cc(-n4c5ccccc5c5cc6ccccc6cc54)cc4oc5cc6ccccc6cc5c34)n2)cc1. The quantitative estimate of drug-likeness (QED) is 0.167. The molecule has 0 radical (unpaired) electrons. The highest BCUT2D eigenvalue weighted by molar-refractivity contribution is 6.18. The number of nitrogens with zero attached hydrogens (tertiary/aromatic N) is 4. The van der Waals surface area contributed by atoms with Gasteiger partial charge < -0.3 is 8.98 Å². The van der Waals surface area contributed by atoms with E-state index in [1.165, 1.54) is 26.9 Å². The van der Waals surface area contributed by atoms with Gasteiger partial charge in [-0.3, -0.25) is 0 Å². The van der Waals surface area contributed by atoms with Crippen LogP contribution in [-0.4, -0.2) is 19.5 Å². The van der Waals surface area contributed by atoms with Gasteiger partial charge in [0.15, 0.2) is 17.5 Å². The summed E-state index contributed by atoms with van der Waals surface area (Å²) in [4.78, 5) is 16.1. The number of hydrogen-bond acceptors (Lipinski definition) is 4. The molecule has 0 atom stereocenters. The van der Waals surface area contributed by atoms with Gasteiger partial charge in [0.1, 0.15) is 11.2 Å². The van der Waals surface area contributed by atoms with Crippen LogP contribution in [0.25, 0.3) is 127 Å². The van der Waals surface area contributed by atoms with Crippen LogP contribution in [0.1, 0.15) is 0 Å². The van der Waals surface area contributed by atoms with E-state index in [9.17, 15) is 0 Å². The molecule has 60 heavy (non-hydrogen) atoms. The molecule has 0 saturated heterocycles. The summed E-state index contributed by atoms with van der Waals surface area (Å²) in [7, 11) is 0. The van der Waals surface area contributed by atoms with E-state index in [2.05, 4.69) is 180 Å². The van der Waals surface area contributed by atoms with E-state index in [4.69, 9.17) is 19.4 Å². The maximum absolute atomic E-state index is 6.91. The number of para-hydroxylation sites is 1. The van der Waals surface area contributed by atoms with Crippen molar-refractivity contribution in [3.05, 3.63) is 194 Å². The Labute approximate surface area is 343 Å². The van der Waals surface area contributed by atoms with Gasteiger partial charge in [-0.25, -0.2) is 15.0 Å². The van der Waals surface area contributed by atoms with Crippen LogP contribution in [0.3, 0.4) is 0 Å². The van der Waals surface area contributed by atoms with Crippen LogP contribution in [0, 0.1) is 0 Å². The third-order valence-electron chi connectivity index (χ3n) is 12.1. The Balaban J connectivity index is 1.16.